The first-order chi connectivity index (χ1) is 14.1. The molecule has 1 aromatic carbocycles. The van der Waals surface area contributed by atoms with Crippen LogP contribution in [-0.4, -0.2) is 44.4 Å². The second-order valence-electron chi connectivity index (χ2n) is 7.92. The van der Waals surface area contributed by atoms with Gasteiger partial charge >= 0.3 is 0 Å². The van der Waals surface area contributed by atoms with Crippen LogP contribution >= 0.6 is 11.8 Å². The molecule has 0 aliphatic carbocycles. The minimum absolute atomic E-state index is 0.197. The topological polar surface area (TPSA) is 60.3 Å². The fourth-order valence-corrected chi connectivity index (χ4v) is 4.28. The number of piperidine rings is 1. The number of aromatic nitrogens is 3. The number of rotatable bonds is 9. The summed E-state index contributed by atoms with van der Waals surface area (Å²) >= 11 is 1.48. The fourth-order valence-electron chi connectivity index (χ4n) is 3.41. The third-order valence-corrected chi connectivity index (χ3v) is 6.03. The van der Waals surface area contributed by atoms with Crippen molar-refractivity contribution >= 4 is 17.7 Å². The summed E-state index contributed by atoms with van der Waals surface area (Å²) in [5.41, 5.74) is 1.29. The highest BCUT2D eigenvalue weighted by Gasteiger charge is 2.19. The number of nitrogens with zero attached hydrogens (tertiary/aromatic N) is 4. The summed E-state index contributed by atoms with van der Waals surface area (Å²) in [7, 11) is 0. The second kappa shape index (κ2) is 10.7. The van der Waals surface area contributed by atoms with Crippen molar-refractivity contribution < 1.29 is 9.53 Å². The van der Waals surface area contributed by atoms with Crippen molar-refractivity contribution in [2.45, 2.75) is 64.8 Å². The molecule has 2 heterocycles. The first-order valence-electron chi connectivity index (χ1n) is 10.6. The lowest BCUT2D eigenvalue weighted by atomic mass is 10.1. The zero-order valence-corrected chi connectivity index (χ0v) is 18.6. The third-order valence-electron chi connectivity index (χ3n) is 5.07. The van der Waals surface area contributed by atoms with Crippen molar-refractivity contribution in [2.24, 2.45) is 5.92 Å². The van der Waals surface area contributed by atoms with Crippen LogP contribution in [0.5, 0.6) is 5.75 Å². The first-order valence-corrected chi connectivity index (χ1v) is 11.6. The molecule has 3 rings (SSSR count). The van der Waals surface area contributed by atoms with Gasteiger partial charge in [-0.2, -0.15) is 0 Å². The Kier molecular flexibility index (Phi) is 7.98. The normalized spacial score (nSPS) is 14.4. The standard InChI is InChI=1S/C22H32N4O2S/c1-4-18-8-10-19(11-9-18)28-15-20-23-24-22(26(20)14-17(2)3)29-16-21(27)25-12-6-5-7-13-25/h8-11,17H,4-7,12-16H2,1-3H3. The van der Waals surface area contributed by atoms with E-state index in [2.05, 4.69) is 47.7 Å². The molecule has 1 saturated heterocycles. The van der Waals surface area contributed by atoms with Gasteiger partial charge in [-0.3, -0.25) is 4.79 Å². The van der Waals surface area contributed by atoms with Crippen LogP contribution < -0.4 is 4.74 Å². The van der Waals surface area contributed by atoms with Crippen molar-refractivity contribution in [3.8, 4) is 5.75 Å². The summed E-state index contributed by atoms with van der Waals surface area (Å²) in [6.07, 6.45) is 4.46. The minimum atomic E-state index is 0.197. The van der Waals surface area contributed by atoms with Gasteiger partial charge in [-0.15, -0.1) is 10.2 Å². The number of carbonyl (C=O) groups is 1. The maximum atomic E-state index is 12.5. The quantitative estimate of drug-likeness (QED) is 0.574. The van der Waals surface area contributed by atoms with E-state index in [0.29, 0.717) is 18.3 Å². The molecule has 1 aliphatic heterocycles. The molecule has 1 aliphatic rings. The molecule has 0 radical (unpaired) electrons. The van der Waals surface area contributed by atoms with E-state index in [-0.39, 0.29) is 5.91 Å². The molecule has 0 atom stereocenters. The number of aryl methyl sites for hydroxylation is 1. The molecule has 158 valence electrons. The molecule has 0 unspecified atom stereocenters. The molecule has 6 nitrogen and oxygen atoms in total. The van der Waals surface area contributed by atoms with Gasteiger partial charge in [0.05, 0.1) is 5.75 Å². The summed E-state index contributed by atoms with van der Waals surface area (Å²) < 4.78 is 8.04. The van der Waals surface area contributed by atoms with Gasteiger partial charge in [0, 0.05) is 19.6 Å². The van der Waals surface area contributed by atoms with Crippen LogP contribution in [0.3, 0.4) is 0 Å². The molecule has 0 N–H and O–H groups in total. The van der Waals surface area contributed by atoms with Crippen molar-refractivity contribution in [2.75, 3.05) is 18.8 Å². The number of carbonyl (C=O) groups excluding carboxylic acids is 1. The Morgan fingerprint density at radius 3 is 2.52 bits per heavy atom. The molecule has 7 heteroatoms. The van der Waals surface area contributed by atoms with E-state index >= 15 is 0 Å². The summed E-state index contributed by atoms with van der Waals surface area (Å²) in [5.74, 6) is 2.69. The van der Waals surface area contributed by atoms with Gasteiger partial charge in [0.1, 0.15) is 12.4 Å². The lowest BCUT2D eigenvalue weighted by Gasteiger charge is -2.26. The van der Waals surface area contributed by atoms with Crippen molar-refractivity contribution in [3.05, 3.63) is 35.7 Å². The van der Waals surface area contributed by atoms with E-state index in [9.17, 15) is 4.79 Å². The maximum absolute atomic E-state index is 12.5. The van der Waals surface area contributed by atoms with Gasteiger partial charge in [-0.1, -0.05) is 44.7 Å². The fraction of sp³-hybridized carbons (Fsp3) is 0.591. The van der Waals surface area contributed by atoms with E-state index in [1.165, 1.54) is 23.7 Å². The third kappa shape index (κ3) is 6.23. The predicted octanol–water partition coefficient (Wildman–Crippen LogP) is 4.18. The Morgan fingerprint density at radius 2 is 1.86 bits per heavy atom. The number of likely N-dealkylation sites (tertiary alicyclic amines) is 1. The van der Waals surface area contributed by atoms with Gasteiger partial charge in [0.25, 0.3) is 0 Å². The second-order valence-corrected chi connectivity index (χ2v) is 8.86. The largest absolute Gasteiger partial charge is 0.486 e. The lowest BCUT2D eigenvalue weighted by Crippen LogP contribution is -2.36. The Balaban J connectivity index is 1.62. The number of hydrogen-bond acceptors (Lipinski definition) is 5. The molecule has 29 heavy (non-hydrogen) atoms. The molecule has 1 fully saturated rings. The maximum Gasteiger partial charge on any atom is 0.233 e. The smallest absolute Gasteiger partial charge is 0.233 e. The Bertz CT molecular complexity index is 783. The minimum Gasteiger partial charge on any atom is -0.486 e. The van der Waals surface area contributed by atoms with E-state index in [4.69, 9.17) is 4.74 Å². The van der Waals surface area contributed by atoms with Crippen LogP contribution in [0, 0.1) is 5.92 Å². The van der Waals surface area contributed by atoms with Crippen molar-refractivity contribution in [1.82, 2.24) is 19.7 Å². The highest BCUT2D eigenvalue weighted by atomic mass is 32.2. The van der Waals surface area contributed by atoms with Crippen LogP contribution in [0.2, 0.25) is 0 Å². The van der Waals surface area contributed by atoms with E-state index in [1.807, 2.05) is 17.0 Å². The average Bonchev–Trinajstić information content (AvgIpc) is 3.12. The predicted molar refractivity (Wildman–Crippen MR) is 116 cm³/mol. The lowest BCUT2D eigenvalue weighted by molar-refractivity contribution is -0.129. The summed E-state index contributed by atoms with van der Waals surface area (Å²) in [5, 5.41) is 9.50. The van der Waals surface area contributed by atoms with E-state index in [1.54, 1.807) is 0 Å². The zero-order valence-electron chi connectivity index (χ0n) is 17.8. The Hall–Kier alpha value is -2.02. The van der Waals surface area contributed by atoms with Crippen molar-refractivity contribution in [1.29, 1.82) is 0 Å². The van der Waals surface area contributed by atoms with Gasteiger partial charge in [-0.25, -0.2) is 0 Å². The summed E-state index contributed by atoms with van der Waals surface area (Å²) in [6.45, 7) is 9.41. The molecular formula is C22H32N4O2S. The number of amides is 1. The summed E-state index contributed by atoms with van der Waals surface area (Å²) in [6, 6.07) is 8.16. The number of ether oxygens (including phenoxy) is 1. The van der Waals surface area contributed by atoms with Crippen LogP contribution in [-0.2, 0) is 24.4 Å². The Morgan fingerprint density at radius 1 is 1.14 bits per heavy atom. The van der Waals surface area contributed by atoms with Crippen molar-refractivity contribution in [3.63, 3.8) is 0 Å². The van der Waals surface area contributed by atoms with Gasteiger partial charge in [0.15, 0.2) is 11.0 Å². The monoisotopic (exact) mass is 416 g/mol. The number of benzene rings is 1. The van der Waals surface area contributed by atoms with Crippen LogP contribution in [0.4, 0.5) is 0 Å². The van der Waals surface area contributed by atoms with Crippen LogP contribution in [0.15, 0.2) is 29.4 Å². The van der Waals surface area contributed by atoms with Gasteiger partial charge in [0.2, 0.25) is 5.91 Å². The molecule has 2 aromatic rings. The molecular weight excluding hydrogens is 384 g/mol. The highest BCUT2D eigenvalue weighted by molar-refractivity contribution is 7.99. The van der Waals surface area contributed by atoms with Crippen LogP contribution in [0.1, 0.15) is 51.4 Å². The van der Waals surface area contributed by atoms with Gasteiger partial charge in [-0.05, 0) is 49.3 Å². The zero-order chi connectivity index (χ0) is 20.6. The molecule has 0 spiro atoms. The highest BCUT2D eigenvalue weighted by Crippen LogP contribution is 2.22. The molecule has 0 bridgehead atoms. The SMILES string of the molecule is CCc1ccc(OCc2nnc(SCC(=O)N3CCCCC3)n2CC(C)C)cc1. The average molecular weight is 417 g/mol. The van der Waals surface area contributed by atoms with Crippen LogP contribution in [0.25, 0.3) is 0 Å². The molecule has 1 aromatic heterocycles. The van der Waals surface area contributed by atoms with Gasteiger partial charge < -0.3 is 14.2 Å². The van der Waals surface area contributed by atoms with E-state index in [0.717, 1.165) is 55.6 Å². The number of hydrogen-bond donors (Lipinski definition) is 0. The first kappa shape index (κ1) is 21.7. The molecule has 1 amide bonds. The Labute approximate surface area is 178 Å². The molecule has 0 saturated carbocycles. The number of thioether (sulfide) groups is 1. The summed E-state index contributed by atoms with van der Waals surface area (Å²) in [4.78, 5) is 14.5. The van der Waals surface area contributed by atoms with E-state index < -0.39 is 0 Å².